The van der Waals surface area contributed by atoms with Gasteiger partial charge in [-0.3, -0.25) is 14.5 Å². The van der Waals surface area contributed by atoms with Crippen LogP contribution in [0.25, 0.3) is 0 Å². The number of amides is 2. The SMILES string of the molecule is CCCN(Cc1ccc(C)cc1)C(=O)CN1CCNC(=O)C1C(C)C. The van der Waals surface area contributed by atoms with Gasteiger partial charge in [0.25, 0.3) is 0 Å². The van der Waals surface area contributed by atoms with Crippen LogP contribution in [0.3, 0.4) is 0 Å². The number of rotatable bonds is 7. The van der Waals surface area contributed by atoms with E-state index in [4.69, 9.17) is 0 Å². The molecule has 1 unspecified atom stereocenters. The van der Waals surface area contributed by atoms with Gasteiger partial charge in [0.1, 0.15) is 0 Å². The molecule has 1 aromatic rings. The van der Waals surface area contributed by atoms with E-state index in [0.29, 0.717) is 19.6 Å². The van der Waals surface area contributed by atoms with Gasteiger partial charge in [-0.1, -0.05) is 50.6 Å². The number of nitrogens with zero attached hydrogens (tertiary/aromatic N) is 2. The lowest BCUT2D eigenvalue weighted by Gasteiger charge is -2.37. The number of benzene rings is 1. The second-order valence-corrected chi connectivity index (χ2v) is 7.25. The lowest BCUT2D eigenvalue weighted by Crippen LogP contribution is -2.59. The van der Waals surface area contributed by atoms with Gasteiger partial charge in [0.05, 0.1) is 12.6 Å². The van der Waals surface area contributed by atoms with E-state index in [-0.39, 0.29) is 23.8 Å². The zero-order chi connectivity index (χ0) is 18.4. The van der Waals surface area contributed by atoms with Crippen LogP contribution < -0.4 is 5.32 Å². The third kappa shape index (κ3) is 5.30. The van der Waals surface area contributed by atoms with Crippen LogP contribution in [-0.4, -0.2) is 53.8 Å². The van der Waals surface area contributed by atoms with Gasteiger partial charge in [0, 0.05) is 26.2 Å². The van der Waals surface area contributed by atoms with Crippen LogP contribution in [0.15, 0.2) is 24.3 Å². The zero-order valence-electron chi connectivity index (χ0n) is 15.9. The monoisotopic (exact) mass is 345 g/mol. The largest absolute Gasteiger partial charge is 0.353 e. The van der Waals surface area contributed by atoms with Crippen LogP contribution >= 0.6 is 0 Å². The molecule has 1 aromatic carbocycles. The van der Waals surface area contributed by atoms with Gasteiger partial charge in [-0.25, -0.2) is 0 Å². The molecule has 5 heteroatoms. The number of piperazine rings is 1. The molecule has 1 fully saturated rings. The van der Waals surface area contributed by atoms with Gasteiger partial charge in [-0.05, 0) is 24.8 Å². The maximum absolute atomic E-state index is 12.9. The Bertz CT molecular complexity index is 583. The van der Waals surface area contributed by atoms with Gasteiger partial charge in [-0.15, -0.1) is 0 Å². The fraction of sp³-hybridized carbons (Fsp3) is 0.600. The van der Waals surface area contributed by atoms with E-state index in [1.165, 1.54) is 5.56 Å². The van der Waals surface area contributed by atoms with Crippen LogP contribution in [-0.2, 0) is 16.1 Å². The molecule has 138 valence electrons. The van der Waals surface area contributed by atoms with Crippen molar-refractivity contribution in [1.82, 2.24) is 15.1 Å². The first-order valence-electron chi connectivity index (χ1n) is 9.27. The molecule has 1 atom stereocenters. The van der Waals surface area contributed by atoms with Crippen molar-refractivity contribution in [2.75, 3.05) is 26.2 Å². The van der Waals surface area contributed by atoms with Gasteiger partial charge < -0.3 is 10.2 Å². The summed E-state index contributed by atoms with van der Waals surface area (Å²) in [6.07, 6.45) is 0.922. The van der Waals surface area contributed by atoms with Crippen molar-refractivity contribution in [2.24, 2.45) is 5.92 Å². The summed E-state index contributed by atoms with van der Waals surface area (Å²) in [5.41, 5.74) is 2.36. The number of hydrogen-bond donors (Lipinski definition) is 1. The number of carbonyl (C=O) groups excluding carboxylic acids is 2. The predicted octanol–water partition coefficient (Wildman–Crippen LogP) is 2.19. The number of nitrogens with one attached hydrogen (secondary N) is 1. The van der Waals surface area contributed by atoms with Crippen molar-refractivity contribution in [2.45, 2.75) is 46.7 Å². The predicted molar refractivity (Wildman–Crippen MR) is 100 cm³/mol. The Morgan fingerprint density at radius 3 is 2.60 bits per heavy atom. The first-order chi connectivity index (χ1) is 11.9. The summed E-state index contributed by atoms with van der Waals surface area (Å²) in [5, 5.41) is 2.91. The second-order valence-electron chi connectivity index (χ2n) is 7.25. The first-order valence-corrected chi connectivity index (χ1v) is 9.27. The van der Waals surface area contributed by atoms with Crippen molar-refractivity contribution in [3.05, 3.63) is 35.4 Å². The molecular weight excluding hydrogens is 314 g/mol. The highest BCUT2D eigenvalue weighted by molar-refractivity contribution is 5.84. The Morgan fingerprint density at radius 1 is 1.32 bits per heavy atom. The summed E-state index contributed by atoms with van der Waals surface area (Å²) in [6.45, 7) is 11.2. The third-order valence-electron chi connectivity index (χ3n) is 4.67. The van der Waals surface area contributed by atoms with E-state index in [2.05, 4.69) is 43.4 Å². The highest BCUT2D eigenvalue weighted by Crippen LogP contribution is 2.15. The van der Waals surface area contributed by atoms with Crippen molar-refractivity contribution in [3.63, 3.8) is 0 Å². The van der Waals surface area contributed by atoms with Crippen LogP contribution in [0.1, 0.15) is 38.3 Å². The molecular formula is C20H31N3O2. The fourth-order valence-corrected chi connectivity index (χ4v) is 3.38. The molecule has 1 aliphatic heterocycles. The normalized spacial score (nSPS) is 18.3. The lowest BCUT2D eigenvalue weighted by molar-refractivity contribution is -0.138. The summed E-state index contributed by atoms with van der Waals surface area (Å²) in [5.74, 6) is 0.322. The molecule has 2 rings (SSSR count). The molecule has 0 aromatic heterocycles. The number of carbonyl (C=O) groups is 2. The Hall–Kier alpha value is -1.88. The minimum Gasteiger partial charge on any atom is -0.353 e. The fourth-order valence-electron chi connectivity index (χ4n) is 3.38. The molecule has 25 heavy (non-hydrogen) atoms. The van der Waals surface area contributed by atoms with Crippen molar-refractivity contribution < 1.29 is 9.59 Å². The summed E-state index contributed by atoms with van der Waals surface area (Å²) < 4.78 is 0. The number of aryl methyl sites for hydroxylation is 1. The van der Waals surface area contributed by atoms with Crippen LogP contribution in [0.4, 0.5) is 0 Å². The molecule has 5 nitrogen and oxygen atoms in total. The second kappa shape index (κ2) is 8.99. The van der Waals surface area contributed by atoms with Crippen LogP contribution in [0.2, 0.25) is 0 Å². The van der Waals surface area contributed by atoms with Crippen LogP contribution in [0.5, 0.6) is 0 Å². The average molecular weight is 345 g/mol. The zero-order valence-corrected chi connectivity index (χ0v) is 15.9. The molecule has 0 aliphatic carbocycles. The van der Waals surface area contributed by atoms with Gasteiger partial charge >= 0.3 is 0 Å². The van der Waals surface area contributed by atoms with E-state index >= 15 is 0 Å². The van der Waals surface area contributed by atoms with E-state index in [0.717, 1.165) is 25.1 Å². The molecule has 1 saturated heterocycles. The molecule has 1 aliphatic rings. The Kier molecular flexibility index (Phi) is 7.00. The Morgan fingerprint density at radius 2 is 2.00 bits per heavy atom. The first kappa shape index (κ1) is 19.4. The van der Waals surface area contributed by atoms with E-state index in [1.54, 1.807) is 0 Å². The summed E-state index contributed by atoms with van der Waals surface area (Å²) in [4.78, 5) is 29.0. The topological polar surface area (TPSA) is 52.7 Å². The highest BCUT2D eigenvalue weighted by Gasteiger charge is 2.33. The molecule has 0 radical (unpaired) electrons. The van der Waals surface area contributed by atoms with E-state index in [1.807, 2.05) is 23.6 Å². The van der Waals surface area contributed by atoms with Gasteiger partial charge in [0.15, 0.2) is 0 Å². The molecule has 1 heterocycles. The maximum atomic E-state index is 12.9. The number of hydrogen-bond acceptors (Lipinski definition) is 3. The molecule has 0 saturated carbocycles. The quantitative estimate of drug-likeness (QED) is 0.824. The standard InChI is InChI=1S/C20H31N3O2/c1-5-11-22(13-17-8-6-16(4)7-9-17)18(24)14-23-12-10-21-20(25)19(23)15(2)3/h6-9,15,19H,5,10-14H2,1-4H3,(H,21,25). The molecule has 0 spiro atoms. The van der Waals surface area contributed by atoms with E-state index < -0.39 is 0 Å². The molecule has 2 amide bonds. The average Bonchev–Trinajstić information content (AvgIpc) is 2.56. The minimum absolute atomic E-state index is 0.0367. The minimum atomic E-state index is -0.222. The van der Waals surface area contributed by atoms with Gasteiger partial charge in [-0.2, -0.15) is 0 Å². The van der Waals surface area contributed by atoms with E-state index in [9.17, 15) is 9.59 Å². The third-order valence-corrected chi connectivity index (χ3v) is 4.67. The molecule has 0 bridgehead atoms. The Labute approximate surface area is 151 Å². The van der Waals surface area contributed by atoms with Crippen molar-refractivity contribution >= 4 is 11.8 Å². The van der Waals surface area contributed by atoms with Crippen molar-refractivity contribution in [1.29, 1.82) is 0 Å². The van der Waals surface area contributed by atoms with Gasteiger partial charge in [0.2, 0.25) is 11.8 Å². The molecule has 1 N–H and O–H groups in total. The highest BCUT2D eigenvalue weighted by atomic mass is 16.2. The maximum Gasteiger partial charge on any atom is 0.237 e. The van der Waals surface area contributed by atoms with Crippen molar-refractivity contribution in [3.8, 4) is 0 Å². The Balaban J connectivity index is 2.05. The smallest absolute Gasteiger partial charge is 0.237 e. The summed E-state index contributed by atoms with van der Waals surface area (Å²) >= 11 is 0. The summed E-state index contributed by atoms with van der Waals surface area (Å²) in [7, 11) is 0. The lowest BCUT2D eigenvalue weighted by atomic mass is 9.99. The van der Waals surface area contributed by atoms with Crippen LogP contribution in [0, 0.1) is 12.8 Å². The summed E-state index contributed by atoms with van der Waals surface area (Å²) in [6, 6.07) is 8.09.